The summed E-state index contributed by atoms with van der Waals surface area (Å²) in [6.45, 7) is 0. The molecule has 3 aromatic rings. The highest BCUT2D eigenvalue weighted by Gasteiger charge is 2.14. The number of nitrogens with two attached hydrogens (primary N) is 1. The van der Waals surface area contributed by atoms with E-state index in [0.717, 1.165) is 19.4 Å². The van der Waals surface area contributed by atoms with E-state index in [1.807, 2.05) is 23.6 Å². The summed E-state index contributed by atoms with van der Waals surface area (Å²) >= 11 is 8.35. The topological polar surface area (TPSA) is 64.9 Å². The van der Waals surface area contributed by atoms with Gasteiger partial charge in [-0.25, -0.2) is 0 Å². The van der Waals surface area contributed by atoms with Crippen molar-refractivity contribution in [2.24, 2.45) is 0 Å². The Bertz CT molecular complexity index is 738. The van der Waals surface area contributed by atoms with Gasteiger partial charge in [-0.1, -0.05) is 21.1 Å². The molecule has 0 fully saturated rings. The van der Waals surface area contributed by atoms with E-state index in [0.29, 0.717) is 17.4 Å². The Morgan fingerprint density at radius 3 is 2.74 bits per heavy atom. The second-order valence-corrected chi connectivity index (χ2v) is 6.53. The third-order valence-electron chi connectivity index (χ3n) is 2.46. The lowest BCUT2D eigenvalue weighted by molar-refractivity contribution is 0.432. The van der Waals surface area contributed by atoms with Crippen molar-refractivity contribution in [2.45, 2.75) is 0 Å². The van der Waals surface area contributed by atoms with E-state index >= 15 is 0 Å². The molecular formula is C12H7Br2N3OS. The summed E-state index contributed by atoms with van der Waals surface area (Å²) in [6.07, 6.45) is 0. The Labute approximate surface area is 129 Å². The van der Waals surface area contributed by atoms with Crippen LogP contribution in [0.4, 0.5) is 5.69 Å². The van der Waals surface area contributed by atoms with E-state index in [4.69, 9.17) is 10.3 Å². The minimum absolute atomic E-state index is 0.415. The fraction of sp³-hybridized carbons (Fsp3) is 0. The number of nitrogen functional groups attached to an aromatic ring is 1. The zero-order valence-corrected chi connectivity index (χ0v) is 13.4. The van der Waals surface area contributed by atoms with Gasteiger partial charge in [-0.2, -0.15) is 4.98 Å². The second-order valence-electron chi connectivity index (χ2n) is 3.78. The van der Waals surface area contributed by atoms with Gasteiger partial charge in [0.2, 0.25) is 5.82 Å². The molecule has 7 heteroatoms. The minimum atomic E-state index is 0.415. The Morgan fingerprint density at radius 2 is 2.00 bits per heavy atom. The molecule has 0 saturated heterocycles. The van der Waals surface area contributed by atoms with Crippen LogP contribution in [0.3, 0.4) is 0 Å². The maximum atomic E-state index is 5.92. The van der Waals surface area contributed by atoms with Gasteiger partial charge in [0.05, 0.1) is 10.4 Å². The summed E-state index contributed by atoms with van der Waals surface area (Å²) < 4.78 is 7.19. The molecule has 96 valence electrons. The molecule has 0 amide bonds. The van der Waals surface area contributed by atoms with E-state index in [1.54, 1.807) is 17.4 Å². The third-order valence-corrected chi connectivity index (χ3v) is 4.64. The van der Waals surface area contributed by atoms with E-state index in [9.17, 15) is 0 Å². The van der Waals surface area contributed by atoms with Crippen molar-refractivity contribution in [3.8, 4) is 22.2 Å². The number of hydrogen-bond donors (Lipinski definition) is 1. The standard InChI is InChI=1S/C12H7Br2N3OS/c13-6-1-2-9(15)8(3-6)12-16-11(17-18-12)10-4-7(14)5-19-10/h1-5H,15H2. The predicted molar refractivity (Wildman–Crippen MR) is 82.9 cm³/mol. The van der Waals surface area contributed by atoms with Crippen LogP contribution in [0.2, 0.25) is 0 Å². The van der Waals surface area contributed by atoms with Crippen molar-refractivity contribution in [3.05, 3.63) is 38.6 Å². The molecule has 0 saturated carbocycles. The summed E-state index contributed by atoms with van der Waals surface area (Å²) in [7, 11) is 0. The van der Waals surface area contributed by atoms with E-state index in [2.05, 4.69) is 42.0 Å². The molecule has 0 unspecified atom stereocenters. The number of rotatable bonds is 2. The average molecular weight is 401 g/mol. The average Bonchev–Trinajstić information content (AvgIpc) is 3.00. The van der Waals surface area contributed by atoms with Gasteiger partial charge >= 0.3 is 0 Å². The fourth-order valence-electron chi connectivity index (χ4n) is 1.58. The van der Waals surface area contributed by atoms with Crippen LogP contribution in [0.1, 0.15) is 0 Å². The van der Waals surface area contributed by atoms with Crippen LogP contribution in [0.25, 0.3) is 22.2 Å². The molecule has 2 heterocycles. The van der Waals surface area contributed by atoms with Gasteiger partial charge in [-0.3, -0.25) is 0 Å². The van der Waals surface area contributed by atoms with Crippen molar-refractivity contribution in [3.63, 3.8) is 0 Å². The summed E-state index contributed by atoms with van der Waals surface area (Å²) in [6, 6.07) is 7.47. The van der Waals surface area contributed by atoms with Crippen LogP contribution in [0.15, 0.2) is 43.1 Å². The first-order valence-electron chi connectivity index (χ1n) is 5.27. The number of anilines is 1. The monoisotopic (exact) mass is 399 g/mol. The van der Waals surface area contributed by atoms with Gasteiger partial charge in [0.25, 0.3) is 5.89 Å². The zero-order chi connectivity index (χ0) is 13.4. The van der Waals surface area contributed by atoms with Gasteiger partial charge in [0.1, 0.15) is 0 Å². The van der Waals surface area contributed by atoms with Crippen molar-refractivity contribution in [2.75, 3.05) is 5.73 Å². The number of benzene rings is 1. The first kappa shape index (κ1) is 12.8. The van der Waals surface area contributed by atoms with E-state index in [-0.39, 0.29) is 0 Å². The Kier molecular flexibility index (Phi) is 3.42. The third kappa shape index (κ3) is 2.58. The molecule has 0 bridgehead atoms. The van der Waals surface area contributed by atoms with Gasteiger partial charge in [-0.05, 0) is 40.2 Å². The molecule has 0 atom stereocenters. The lowest BCUT2D eigenvalue weighted by atomic mass is 10.2. The molecule has 1 aromatic carbocycles. The van der Waals surface area contributed by atoms with Crippen LogP contribution in [-0.2, 0) is 0 Å². The summed E-state index contributed by atoms with van der Waals surface area (Å²) in [5, 5.41) is 5.95. The molecule has 2 aromatic heterocycles. The maximum Gasteiger partial charge on any atom is 0.260 e. The lowest BCUT2D eigenvalue weighted by Crippen LogP contribution is -1.89. The van der Waals surface area contributed by atoms with Gasteiger partial charge in [0.15, 0.2) is 0 Å². The van der Waals surface area contributed by atoms with Crippen molar-refractivity contribution in [1.29, 1.82) is 0 Å². The summed E-state index contributed by atoms with van der Waals surface area (Å²) in [5.41, 5.74) is 7.25. The van der Waals surface area contributed by atoms with Crippen molar-refractivity contribution >= 4 is 48.9 Å². The van der Waals surface area contributed by atoms with E-state index < -0.39 is 0 Å². The zero-order valence-electron chi connectivity index (χ0n) is 9.43. The van der Waals surface area contributed by atoms with Crippen LogP contribution in [0.5, 0.6) is 0 Å². The number of nitrogens with zero attached hydrogens (tertiary/aromatic N) is 2. The van der Waals surface area contributed by atoms with Gasteiger partial charge in [-0.15, -0.1) is 11.3 Å². The minimum Gasteiger partial charge on any atom is -0.398 e. The molecule has 3 rings (SSSR count). The quantitative estimate of drug-likeness (QED) is 0.639. The Hall–Kier alpha value is -1.18. The molecule has 4 nitrogen and oxygen atoms in total. The van der Waals surface area contributed by atoms with Crippen LogP contribution < -0.4 is 5.73 Å². The van der Waals surface area contributed by atoms with Crippen molar-refractivity contribution in [1.82, 2.24) is 10.1 Å². The number of halogens is 2. The first-order valence-corrected chi connectivity index (χ1v) is 7.73. The van der Waals surface area contributed by atoms with E-state index in [1.165, 1.54) is 0 Å². The Morgan fingerprint density at radius 1 is 1.16 bits per heavy atom. The molecular weight excluding hydrogens is 394 g/mol. The molecule has 19 heavy (non-hydrogen) atoms. The van der Waals surface area contributed by atoms with Crippen LogP contribution in [-0.4, -0.2) is 10.1 Å². The SMILES string of the molecule is Nc1ccc(Br)cc1-c1nc(-c2cc(Br)cs2)no1. The predicted octanol–water partition coefficient (Wildman–Crippen LogP) is 4.57. The summed E-state index contributed by atoms with van der Waals surface area (Å²) in [4.78, 5) is 5.32. The number of hydrogen-bond acceptors (Lipinski definition) is 5. The molecule has 0 aliphatic heterocycles. The van der Waals surface area contributed by atoms with Crippen LogP contribution in [0, 0.1) is 0 Å². The molecule has 0 spiro atoms. The summed E-state index contributed by atoms with van der Waals surface area (Å²) in [5.74, 6) is 0.975. The number of thiophene rings is 1. The largest absolute Gasteiger partial charge is 0.398 e. The maximum absolute atomic E-state index is 5.92. The van der Waals surface area contributed by atoms with Gasteiger partial charge < -0.3 is 10.3 Å². The highest BCUT2D eigenvalue weighted by atomic mass is 79.9. The van der Waals surface area contributed by atoms with Crippen molar-refractivity contribution < 1.29 is 4.52 Å². The molecule has 0 aliphatic rings. The van der Waals surface area contributed by atoms with Gasteiger partial charge in [0, 0.05) is 20.0 Å². The normalized spacial score (nSPS) is 10.8. The van der Waals surface area contributed by atoms with Crippen LogP contribution >= 0.6 is 43.2 Å². The lowest BCUT2D eigenvalue weighted by Gasteiger charge is -2.00. The Balaban J connectivity index is 2.03. The highest BCUT2D eigenvalue weighted by molar-refractivity contribution is 9.10. The second kappa shape index (κ2) is 5.07. The molecule has 0 radical (unpaired) electrons. The molecule has 2 N–H and O–H groups in total. The first-order chi connectivity index (χ1) is 9.13. The number of aromatic nitrogens is 2. The molecule has 0 aliphatic carbocycles. The smallest absolute Gasteiger partial charge is 0.260 e. The fourth-order valence-corrected chi connectivity index (χ4v) is 3.29. The highest BCUT2D eigenvalue weighted by Crippen LogP contribution is 2.32.